The van der Waals surface area contributed by atoms with Crippen LogP contribution in [0.15, 0.2) is 22.7 Å². The number of aromatic carboxylic acids is 1. The van der Waals surface area contributed by atoms with Gasteiger partial charge >= 0.3 is 12.0 Å². The number of amides is 2. The van der Waals surface area contributed by atoms with E-state index in [1.165, 1.54) is 25.0 Å². The highest BCUT2D eigenvalue weighted by Gasteiger charge is 2.28. The van der Waals surface area contributed by atoms with Gasteiger partial charge in [-0.15, -0.1) is 0 Å². The molecule has 2 rings (SSSR count). The first-order chi connectivity index (χ1) is 9.86. The van der Waals surface area contributed by atoms with Crippen molar-refractivity contribution in [3.63, 3.8) is 0 Å². The van der Waals surface area contributed by atoms with Crippen molar-refractivity contribution in [2.24, 2.45) is 5.92 Å². The molecular formula is C15H19BrN2O3. The smallest absolute Gasteiger partial charge is 0.335 e. The Kier molecular flexibility index (Phi) is 4.88. The third kappa shape index (κ3) is 4.46. The fourth-order valence-electron chi connectivity index (χ4n) is 2.09. The predicted octanol–water partition coefficient (Wildman–Crippen LogP) is 3.80. The van der Waals surface area contributed by atoms with Crippen molar-refractivity contribution in [3.8, 4) is 0 Å². The first kappa shape index (κ1) is 15.8. The molecular weight excluding hydrogens is 336 g/mol. The fourth-order valence-corrected chi connectivity index (χ4v) is 2.58. The number of nitrogens with zero attached hydrogens (tertiary/aromatic N) is 1. The number of carbonyl (C=O) groups is 2. The molecule has 1 fully saturated rings. The van der Waals surface area contributed by atoms with E-state index < -0.39 is 5.97 Å². The molecule has 2 amide bonds. The zero-order valence-corrected chi connectivity index (χ0v) is 13.7. The highest BCUT2D eigenvalue weighted by molar-refractivity contribution is 9.10. The van der Waals surface area contributed by atoms with Crippen LogP contribution < -0.4 is 5.32 Å². The van der Waals surface area contributed by atoms with Gasteiger partial charge in [-0.1, -0.05) is 15.9 Å². The summed E-state index contributed by atoms with van der Waals surface area (Å²) in [5.74, 6) is -0.416. The van der Waals surface area contributed by atoms with Crippen LogP contribution in [0.3, 0.4) is 0 Å². The Morgan fingerprint density at radius 1 is 1.38 bits per heavy atom. The number of carboxylic acids is 1. The SMILES string of the molecule is CC(C)N(CC1CC1)C(=O)Nc1cc(Br)cc(C(=O)O)c1. The fraction of sp³-hybridized carbons (Fsp3) is 0.467. The van der Waals surface area contributed by atoms with Crippen LogP contribution in [0, 0.1) is 5.92 Å². The van der Waals surface area contributed by atoms with Crippen molar-refractivity contribution >= 4 is 33.6 Å². The molecule has 6 heteroatoms. The van der Waals surface area contributed by atoms with Crippen LogP contribution in [0.1, 0.15) is 37.0 Å². The Morgan fingerprint density at radius 2 is 2.05 bits per heavy atom. The first-order valence-corrected chi connectivity index (χ1v) is 7.77. The third-order valence-corrected chi connectivity index (χ3v) is 3.89. The lowest BCUT2D eigenvalue weighted by Crippen LogP contribution is -2.41. The van der Waals surface area contributed by atoms with E-state index in [9.17, 15) is 9.59 Å². The van der Waals surface area contributed by atoms with E-state index >= 15 is 0 Å². The standard InChI is InChI=1S/C15H19BrN2O3/c1-9(2)18(8-10-3-4-10)15(21)17-13-6-11(14(19)20)5-12(16)7-13/h5-7,9-10H,3-4,8H2,1-2H3,(H,17,21)(H,19,20). The van der Waals surface area contributed by atoms with Crippen molar-refractivity contribution in [1.29, 1.82) is 0 Å². The van der Waals surface area contributed by atoms with Crippen LogP contribution in [0.4, 0.5) is 10.5 Å². The van der Waals surface area contributed by atoms with Gasteiger partial charge in [-0.25, -0.2) is 9.59 Å². The summed E-state index contributed by atoms with van der Waals surface area (Å²) < 4.78 is 0.621. The number of hydrogen-bond donors (Lipinski definition) is 2. The summed E-state index contributed by atoms with van der Waals surface area (Å²) in [5.41, 5.74) is 0.617. The molecule has 21 heavy (non-hydrogen) atoms. The quantitative estimate of drug-likeness (QED) is 0.844. The topological polar surface area (TPSA) is 69.6 Å². The molecule has 1 aromatic carbocycles. The van der Waals surface area contributed by atoms with Crippen molar-refractivity contribution in [2.75, 3.05) is 11.9 Å². The van der Waals surface area contributed by atoms with Crippen molar-refractivity contribution in [1.82, 2.24) is 4.90 Å². The summed E-state index contributed by atoms with van der Waals surface area (Å²) in [6.07, 6.45) is 2.35. The van der Waals surface area contributed by atoms with Gasteiger partial charge in [0.05, 0.1) is 5.56 Å². The minimum Gasteiger partial charge on any atom is -0.478 e. The van der Waals surface area contributed by atoms with Crippen LogP contribution in [-0.4, -0.2) is 34.6 Å². The lowest BCUT2D eigenvalue weighted by molar-refractivity contribution is 0.0696. The maximum atomic E-state index is 12.4. The zero-order valence-electron chi connectivity index (χ0n) is 12.1. The zero-order chi connectivity index (χ0) is 15.6. The van der Waals surface area contributed by atoms with Crippen molar-refractivity contribution in [3.05, 3.63) is 28.2 Å². The summed E-state index contributed by atoms with van der Waals surface area (Å²) in [6.45, 7) is 4.71. The summed E-state index contributed by atoms with van der Waals surface area (Å²) in [4.78, 5) is 25.2. The van der Waals surface area contributed by atoms with E-state index in [1.807, 2.05) is 13.8 Å². The molecule has 2 N–H and O–H groups in total. The number of rotatable bonds is 5. The summed E-state index contributed by atoms with van der Waals surface area (Å²) in [6, 6.07) is 4.58. The maximum Gasteiger partial charge on any atom is 0.335 e. The second-order valence-corrected chi connectivity index (χ2v) is 6.57. The molecule has 0 unspecified atom stereocenters. The number of carboxylic acid groups (broad SMARTS) is 1. The molecule has 0 aliphatic heterocycles. The van der Waals surface area contributed by atoms with Gasteiger partial charge in [-0.3, -0.25) is 0 Å². The van der Waals surface area contributed by atoms with Gasteiger partial charge < -0.3 is 15.3 Å². The molecule has 1 aromatic rings. The number of benzene rings is 1. The Morgan fingerprint density at radius 3 is 2.57 bits per heavy atom. The Balaban J connectivity index is 2.11. The van der Waals surface area contributed by atoms with E-state index in [0.29, 0.717) is 16.1 Å². The average molecular weight is 355 g/mol. The molecule has 114 valence electrons. The van der Waals surface area contributed by atoms with E-state index in [4.69, 9.17) is 5.11 Å². The minimum absolute atomic E-state index is 0.108. The summed E-state index contributed by atoms with van der Waals surface area (Å²) in [5, 5.41) is 11.8. The monoisotopic (exact) mass is 354 g/mol. The Labute approximate surface area is 132 Å². The average Bonchev–Trinajstić information content (AvgIpc) is 3.18. The maximum absolute atomic E-state index is 12.4. The predicted molar refractivity (Wildman–Crippen MR) is 84.7 cm³/mol. The van der Waals surface area contributed by atoms with E-state index in [2.05, 4.69) is 21.2 Å². The first-order valence-electron chi connectivity index (χ1n) is 6.98. The van der Waals surface area contributed by atoms with Gasteiger partial charge in [0.15, 0.2) is 0 Å². The Hall–Kier alpha value is -1.56. The minimum atomic E-state index is -1.02. The van der Waals surface area contributed by atoms with Gasteiger partial charge in [-0.2, -0.15) is 0 Å². The lowest BCUT2D eigenvalue weighted by Gasteiger charge is -2.27. The number of halogens is 1. The largest absolute Gasteiger partial charge is 0.478 e. The second kappa shape index (κ2) is 6.47. The molecule has 0 radical (unpaired) electrons. The van der Waals surface area contributed by atoms with Crippen LogP contribution in [0.2, 0.25) is 0 Å². The van der Waals surface area contributed by atoms with E-state index in [-0.39, 0.29) is 17.6 Å². The van der Waals surface area contributed by atoms with Crippen LogP contribution >= 0.6 is 15.9 Å². The lowest BCUT2D eigenvalue weighted by atomic mass is 10.2. The third-order valence-electron chi connectivity index (χ3n) is 3.43. The van der Waals surface area contributed by atoms with Gasteiger partial charge in [0.1, 0.15) is 0 Å². The molecule has 5 nitrogen and oxygen atoms in total. The number of nitrogens with one attached hydrogen (secondary N) is 1. The highest BCUT2D eigenvalue weighted by Crippen LogP contribution is 2.30. The second-order valence-electron chi connectivity index (χ2n) is 5.65. The van der Waals surface area contributed by atoms with E-state index in [1.54, 1.807) is 11.0 Å². The molecule has 1 saturated carbocycles. The summed E-state index contributed by atoms with van der Waals surface area (Å²) in [7, 11) is 0. The van der Waals surface area contributed by atoms with Gasteiger partial charge in [0, 0.05) is 22.7 Å². The van der Waals surface area contributed by atoms with Gasteiger partial charge in [0.25, 0.3) is 0 Å². The molecule has 0 atom stereocenters. The molecule has 1 aliphatic rings. The normalized spacial score (nSPS) is 14.1. The molecule has 0 saturated heterocycles. The molecule has 0 heterocycles. The van der Waals surface area contributed by atoms with Gasteiger partial charge in [0.2, 0.25) is 0 Å². The van der Waals surface area contributed by atoms with Crippen LogP contribution in [-0.2, 0) is 0 Å². The molecule has 0 bridgehead atoms. The molecule has 1 aliphatic carbocycles. The summed E-state index contributed by atoms with van der Waals surface area (Å²) >= 11 is 3.26. The number of hydrogen-bond acceptors (Lipinski definition) is 2. The van der Waals surface area contributed by atoms with Crippen molar-refractivity contribution in [2.45, 2.75) is 32.7 Å². The number of anilines is 1. The number of urea groups is 1. The van der Waals surface area contributed by atoms with E-state index in [0.717, 1.165) is 6.54 Å². The number of carbonyl (C=O) groups excluding carboxylic acids is 1. The van der Waals surface area contributed by atoms with Crippen LogP contribution in [0.5, 0.6) is 0 Å². The van der Waals surface area contributed by atoms with Crippen LogP contribution in [0.25, 0.3) is 0 Å². The highest BCUT2D eigenvalue weighted by atomic mass is 79.9. The Bertz CT molecular complexity index is 556. The molecule has 0 spiro atoms. The molecule has 0 aromatic heterocycles. The van der Waals surface area contributed by atoms with Crippen molar-refractivity contribution < 1.29 is 14.7 Å². The van der Waals surface area contributed by atoms with Gasteiger partial charge in [-0.05, 0) is 50.8 Å².